The molecule has 0 atom stereocenters. The zero-order valence-electron chi connectivity index (χ0n) is 9.43. The smallest absolute Gasteiger partial charge is 0.149 e. The summed E-state index contributed by atoms with van der Waals surface area (Å²) in [5.74, 6) is 0.237. The van der Waals surface area contributed by atoms with E-state index in [9.17, 15) is 4.39 Å². The molecule has 2 rings (SSSR count). The molecule has 0 amide bonds. The summed E-state index contributed by atoms with van der Waals surface area (Å²) in [6.45, 7) is 2.08. The van der Waals surface area contributed by atoms with Crippen molar-refractivity contribution in [3.05, 3.63) is 34.1 Å². The van der Waals surface area contributed by atoms with E-state index in [1.54, 1.807) is 12.1 Å². The van der Waals surface area contributed by atoms with E-state index >= 15 is 0 Å². The lowest BCUT2D eigenvalue weighted by Gasteiger charge is -2.04. The van der Waals surface area contributed by atoms with Crippen molar-refractivity contribution in [3.8, 4) is 11.3 Å². The first-order chi connectivity index (χ1) is 8.13. The molecule has 0 saturated carbocycles. The second kappa shape index (κ2) is 4.87. The van der Waals surface area contributed by atoms with Gasteiger partial charge in [0, 0.05) is 11.1 Å². The molecule has 2 aromatic rings. The second-order valence-corrected chi connectivity index (χ2v) is 4.70. The number of nitrogens with one attached hydrogen (secondary N) is 1. The molecule has 0 radical (unpaired) electrons. The van der Waals surface area contributed by atoms with Crippen LogP contribution in [-0.4, -0.2) is 10.2 Å². The van der Waals surface area contributed by atoms with E-state index < -0.39 is 0 Å². The van der Waals surface area contributed by atoms with Crippen LogP contribution in [0.25, 0.3) is 11.3 Å². The monoisotopic (exact) mass is 297 g/mol. The minimum Gasteiger partial charge on any atom is -0.382 e. The van der Waals surface area contributed by atoms with Crippen LogP contribution >= 0.6 is 15.9 Å². The van der Waals surface area contributed by atoms with Crippen LogP contribution in [0.4, 0.5) is 10.2 Å². The number of rotatable bonds is 3. The molecule has 0 fully saturated rings. The predicted octanol–water partition coefficient (Wildman–Crippen LogP) is 3.51. The second-order valence-electron chi connectivity index (χ2n) is 3.84. The Morgan fingerprint density at radius 1 is 1.47 bits per heavy atom. The van der Waals surface area contributed by atoms with Crippen molar-refractivity contribution in [2.75, 3.05) is 5.73 Å². The van der Waals surface area contributed by atoms with Gasteiger partial charge in [0.25, 0.3) is 0 Å². The number of anilines is 1. The Morgan fingerprint density at radius 3 is 2.88 bits per heavy atom. The summed E-state index contributed by atoms with van der Waals surface area (Å²) >= 11 is 3.17. The summed E-state index contributed by atoms with van der Waals surface area (Å²) in [5.41, 5.74) is 8.54. The third-order valence-electron chi connectivity index (χ3n) is 2.61. The van der Waals surface area contributed by atoms with E-state index in [4.69, 9.17) is 5.73 Å². The van der Waals surface area contributed by atoms with Crippen molar-refractivity contribution < 1.29 is 4.39 Å². The standard InChI is InChI=1S/C12H13BrFN3/c1-2-3-8-11(16-17-12(8)15)7-4-5-10(14)9(13)6-7/h4-6H,2-3H2,1H3,(H3,15,16,17). The van der Waals surface area contributed by atoms with Gasteiger partial charge in [0.1, 0.15) is 11.6 Å². The highest BCUT2D eigenvalue weighted by Gasteiger charge is 2.12. The number of hydrogen-bond acceptors (Lipinski definition) is 2. The zero-order chi connectivity index (χ0) is 12.4. The molecule has 0 aliphatic heterocycles. The minimum atomic E-state index is -0.279. The van der Waals surface area contributed by atoms with Crippen LogP contribution in [0.5, 0.6) is 0 Å². The maximum Gasteiger partial charge on any atom is 0.149 e. The molecular formula is C12H13BrFN3. The van der Waals surface area contributed by atoms with Crippen molar-refractivity contribution in [1.82, 2.24) is 10.2 Å². The normalized spacial score (nSPS) is 10.8. The van der Waals surface area contributed by atoms with E-state index in [-0.39, 0.29) is 5.82 Å². The fraction of sp³-hybridized carbons (Fsp3) is 0.250. The van der Waals surface area contributed by atoms with Crippen LogP contribution in [0.2, 0.25) is 0 Å². The highest BCUT2D eigenvalue weighted by molar-refractivity contribution is 9.10. The number of halogens is 2. The number of nitrogen functional groups attached to an aromatic ring is 1. The van der Waals surface area contributed by atoms with Crippen molar-refractivity contribution in [3.63, 3.8) is 0 Å². The molecule has 1 aromatic carbocycles. The Morgan fingerprint density at radius 2 is 2.24 bits per heavy atom. The van der Waals surface area contributed by atoms with Crippen molar-refractivity contribution in [1.29, 1.82) is 0 Å². The Balaban J connectivity index is 2.48. The van der Waals surface area contributed by atoms with Gasteiger partial charge in [-0.1, -0.05) is 13.3 Å². The molecule has 17 heavy (non-hydrogen) atoms. The van der Waals surface area contributed by atoms with Crippen LogP contribution in [0.1, 0.15) is 18.9 Å². The van der Waals surface area contributed by atoms with Crippen molar-refractivity contribution in [2.45, 2.75) is 19.8 Å². The van der Waals surface area contributed by atoms with E-state index in [0.29, 0.717) is 10.3 Å². The van der Waals surface area contributed by atoms with Gasteiger partial charge in [-0.25, -0.2) is 4.39 Å². The first kappa shape index (κ1) is 12.1. The summed E-state index contributed by atoms with van der Waals surface area (Å²) < 4.78 is 13.6. The van der Waals surface area contributed by atoms with Crippen LogP contribution in [0, 0.1) is 5.82 Å². The van der Waals surface area contributed by atoms with Gasteiger partial charge in [0.15, 0.2) is 0 Å². The molecule has 90 valence electrons. The summed E-state index contributed by atoms with van der Waals surface area (Å²) in [6.07, 6.45) is 1.84. The average Bonchev–Trinajstić information content (AvgIpc) is 2.66. The molecule has 1 aromatic heterocycles. The van der Waals surface area contributed by atoms with Crippen molar-refractivity contribution >= 4 is 21.7 Å². The molecule has 0 unspecified atom stereocenters. The molecule has 1 heterocycles. The lowest BCUT2D eigenvalue weighted by molar-refractivity contribution is 0.621. The third kappa shape index (κ3) is 2.34. The minimum absolute atomic E-state index is 0.279. The average molecular weight is 298 g/mol. The van der Waals surface area contributed by atoms with E-state index in [1.807, 2.05) is 0 Å². The summed E-state index contributed by atoms with van der Waals surface area (Å²) in [6, 6.07) is 4.86. The largest absolute Gasteiger partial charge is 0.382 e. The lowest BCUT2D eigenvalue weighted by atomic mass is 10.0. The highest BCUT2D eigenvalue weighted by atomic mass is 79.9. The van der Waals surface area contributed by atoms with Crippen molar-refractivity contribution in [2.24, 2.45) is 0 Å². The van der Waals surface area contributed by atoms with Gasteiger partial charge in [-0.05, 0) is 40.5 Å². The predicted molar refractivity (Wildman–Crippen MR) is 70.1 cm³/mol. The Bertz CT molecular complexity index is 537. The molecule has 0 spiro atoms. The molecular weight excluding hydrogens is 285 g/mol. The lowest BCUT2D eigenvalue weighted by Crippen LogP contribution is -1.93. The molecule has 0 aliphatic rings. The fourth-order valence-corrected chi connectivity index (χ4v) is 2.15. The molecule has 3 N–H and O–H groups in total. The van der Waals surface area contributed by atoms with Crippen LogP contribution < -0.4 is 5.73 Å². The quantitative estimate of drug-likeness (QED) is 0.911. The van der Waals surface area contributed by atoms with Gasteiger partial charge in [0.2, 0.25) is 0 Å². The Labute approximate surface area is 107 Å². The molecule has 0 saturated heterocycles. The first-order valence-corrected chi connectivity index (χ1v) is 6.21. The molecule has 5 heteroatoms. The third-order valence-corrected chi connectivity index (χ3v) is 3.22. The summed E-state index contributed by atoms with van der Waals surface area (Å²) in [4.78, 5) is 0. The fourth-order valence-electron chi connectivity index (χ4n) is 1.77. The van der Waals surface area contributed by atoms with Gasteiger partial charge >= 0.3 is 0 Å². The van der Waals surface area contributed by atoms with Crippen LogP contribution in [0.15, 0.2) is 22.7 Å². The highest BCUT2D eigenvalue weighted by Crippen LogP contribution is 2.29. The van der Waals surface area contributed by atoms with Gasteiger partial charge in [-0.2, -0.15) is 5.10 Å². The first-order valence-electron chi connectivity index (χ1n) is 5.41. The Hall–Kier alpha value is -1.36. The van der Waals surface area contributed by atoms with E-state index in [0.717, 1.165) is 29.7 Å². The topological polar surface area (TPSA) is 54.7 Å². The number of nitrogens with zero attached hydrogens (tertiary/aromatic N) is 1. The number of benzene rings is 1. The molecule has 0 aliphatic carbocycles. The van der Waals surface area contributed by atoms with Gasteiger partial charge in [-0.3, -0.25) is 5.10 Å². The number of aromatic nitrogens is 2. The summed E-state index contributed by atoms with van der Waals surface area (Å²) in [5, 5.41) is 6.91. The zero-order valence-corrected chi connectivity index (χ0v) is 11.0. The van der Waals surface area contributed by atoms with E-state index in [1.165, 1.54) is 6.07 Å². The molecule has 3 nitrogen and oxygen atoms in total. The summed E-state index contributed by atoms with van der Waals surface area (Å²) in [7, 11) is 0. The molecule has 0 bridgehead atoms. The van der Waals surface area contributed by atoms with Crippen LogP contribution in [-0.2, 0) is 6.42 Å². The van der Waals surface area contributed by atoms with Gasteiger partial charge in [-0.15, -0.1) is 0 Å². The SMILES string of the molecule is CCCc1c(N)n[nH]c1-c1ccc(F)c(Br)c1. The maximum absolute atomic E-state index is 13.2. The number of hydrogen-bond donors (Lipinski definition) is 2. The maximum atomic E-state index is 13.2. The Kier molecular flexibility index (Phi) is 3.47. The van der Waals surface area contributed by atoms with E-state index in [2.05, 4.69) is 33.1 Å². The van der Waals surface area contributed by atoms with Gasteiger partial charge < -0.3 is 5.73 Å². The van der Waals surface area contributed by atoms with Gasteiger partial charge in [0.05, 0.1) is 10.2 Å². The number of aromatic amines is 1. The van der Waals surface area contributed by atoms with Crippen LogP contribution in [0.3, 0.4) is 0 Å². The number of nitrogens with two attached hydrogens (primary N) is 1. The number of H-pyrrole nitrogens is 1.